The van der Waals surface area contributed by atoms with Crippen molar-refractivity contribution in [3.8, 4) is 0 Å². The van der Waals surface area contributed by atoms with Crippen molar-refractivity contribution >= 4 is 17.4 Å². The van der Waals surface area contributed by atoms with Gasteiger partial charge < -0.3 is 9.80 Å². The maximum absolute atomic E-state index is 12.7. The minimum absolute atomic E-state index is 0.0206. The Kier molecular flexibility index (Phi) is 5.93. The largest absolute Gasteiger partial charge is 0.354 e. The van der Waals surface area contributed by atoms with Crippen molar-refractivity contribution in [1.82, 2.24) is 29.4 Å². The molecule has 1 aliphatic heterocycles. The van der Waals surface area contributed by atoms with Gasteiger partial charge in [0, 0.05) is 32.1 Å². The normalized spacial score (nSPS) is 17.9. The van der Waals surface area contributed by atoms with E-state index < -0.39 is 0 Å². The van der Waals surface area contributed by atoms with Crippen LogP contribution in [0.4, 0.5) is 5.82 Å². The summed E-state index contributed by atoms with van der Waals surface area (Å²) in [6.45, 7) is 5.72. The first-order valence-electron chi connectivity index (χ1n) is 9.06. The summed E-state index contributed by atoms with van der Waals surface area (Å²) < 4.78 is 3.40. The first kappa shape index (κ1) is 18.8. The van der Waals surface area contributed by atoms with Gasteiger partial charge in [0.15, 0.2) is 11.0 Å². The smallest absolute Gasteiger partial charge is 0.345 e. The molecule has 1 aliphatic rings. The first-order valence-corrected chi connectivity index (χ1v) is 9.43. The molecule has 0 amide bonds. The van der Waals surface area contributed by atoms with Crippen molar-refractivity contribution in [3.63, 3.8) is 0 Å². The lowest BCUT2D eigenvalue weighted by molar-refractivity contribution is 0.367. The van der Waals surface area contributed by atoms with Gasteiger partial charge in [0.2, 0.25) is 0 Å². The lowest BCUT2D eigenvalue weighted by Gasteiger charge is -2.32. The highest BCUT2D eigenvalue weighted by atomic mass is 35.5. The monoisotopic (exact) mass is 379 g/mol. The molecular formula is C17H26ClN7O. The zero-order valence-electron chi connectivity index (χ0n) is 15.6. The molecule has 0 spiro atoms. The molecule has 0 unspecified atom stereocenters. The molecule has 0 N–H and O–H groups in total. The van der Waals surface area contributed by atoms with E-state index in [1.165, 1.54) is 0 Å². The van der Waals surface area contributed by atoms with Crippen molar-refractivity contribution in [2.45, 2.75) is 38.8 Å². The fraction of sp³-hybridized carbons (Fsp3) is 0.647. The predicted octanol–water partition coefficient (Wildman–Crippen LogP) is 1.45. The van der Waals surface area contributed by atoms with Crippen molar-refractivity contribution in [1.29, 1.82) is 0 Å². The maximum Gasteiger partial charge on any atom is 0.345 e. The van der Waals surface area contributed by atoms with E-state index in [-0.39, 0.29) is 11.6 Å². The molecule has 1 fully saturated rings. The second-order valence-corrected chi connectivity index (χ2v) is 7.30. The van der Waals surface area contributed by atoms with Gasteiger partial charge in [-0.2, -0.15) is 5.10 Å². The lowest BCUT2D eigenvalue weighted by Crippen LogP contribution is -2.36. The molecule has 0 saturated carbocycles. The van der Waals surface area contributed by atoms with Gasteiger partial charge in [-0.05, 0) is 46.0 Å². The van der Waals surface area contributed by atoms with Crippen LogP contribution in [0.2, 0.25) is 5.15 Å². The van der Waals surface area contributed by atoms with Crippen LogP contribution in [-0.4, -0.2) is 63.2 Å². The Labute approximate surface area is 158 Å². The van der Waals surface area contributed by atoms with Gasteiger partial charge in [-0.25, -0.2) is 9.48 Å². The number of hydrogen-bond donors (Lipinski definition) is 0. The zero-order chi connectivity index (χ0) is 18.7. The average molecular weight is 380 g/mol. The SMILES string of the molecule is CCn1c([C@@H]2CCCN(c3ccc(Cl)nn3)C2)nn(CCN(C)C)c1=O. The third-order valence-electron chi connectivity index (χ3n) is 4.76. The van der Waals surface area contributed by atoms with Gasteiger partial charge >= 0.3 is 5.69 Å². The fourth-order valence-corrected chi connectivity index (χ4v) is 3.47. The van der Waals surface area contributed by atoms with E-state index in [0.717, 1.165) is 44.1 Å². The Morgan fingerprint density at radius 1 is 1.31 bits per heavy atom. The number of rotatable bonds is 6. The second-order valence-electron chi connectivity index (χ2n) is 6.91. The van der Waals surface area contributed by atoms with E-state index in [4.69, 9.17) is 11.6 Å². The number of hydrogen-bond acceptors (Lipinski definition) is 6. The van der Waals surface area contributed by atoms with Gasteiger partial charge in [0.05, 0.1) is 6.54 Å². The summed E-state index contributed by atoms with van der Waals surface area (Å²) in [6, 6.07) is 3.64. The van der Waals surface area contributed by atoms with E-state index in [1.807, 2.05) is 27.1 Å². The molecule has 2 aromatic rings. The van der Waals surface area contributed by atoms with Crippen molar-refractivity contribution in [2.24, 2.45) is 0 Å². The van der Waals surface area contributed by atoms with Crippen LogP contribution in [0.1, 0.15) is 31.5 Å². The van der Waals surface area contributed by atoms with Crippen LogP contribution in [0.15, 0.2) is 16.9 Å². The number of aromatic nitrogens is 5. The molecule has 1 atom stereocenters. The van der Waals surface area contributed by atoms with Crippen LogP contribution in [0.5, 0.6) is 0 Å². The topological polar surface area (TPSA) is 72.1 Å². The maximum atomic E-state index is 12.7. The van der Waals surface area contributed by atoms with Crippen LogP contribution >= 0.6 is 11.6 Å². The summed E-state index contributed by atoms with van der Waals surface area (Å²) in [5, 5.41) is 13.2. The fourth-order valence-electron chi connectivity index (χ4n) is 3.37. The summed E-state index contributed by atoms with van der Waals surface area (Å²) in [7, 11) is 3.99. The Hall–Kier alpha value is -1.93. The molecule has 1 saturated heterocycles. The molecule has 9 heteroatoms. The number of likely N-dealkylation sites (N-methyl/N-ethyl adjacent to an activating group) is 1. The quantitative estimate of drug-likeness (QED) is 0.756. The van der Waals surface area contributed by atoms with E-state index in [2.05, 4.69) is 25.1 Å². The van der Waals surface area contributed by atoms with E-state index in [0.29, 0.717) is 18.2 Å². The first-order chi connectivity index (χ1) is 12.5. The van der Waals surface area contributed by atoms with Crippen molar-refractivity contribution in [2.75, 3.05) is 38.6 Å². The molecule has 2 aromatic heterocycles. The zero-order valence-corrected chi connectivity index (χ0v) is 16.4. The number of anilines is 1. The Bertz CT molecular complexity index is 783. The van der Waals surface area contributed by atoms with Crippen LogP contribution in [0, 0.1) is 0 Å². The van der Waals surface area contributed by atoms with Crippen molar-refractivity contribution < 1.29 is 0 Å². The highest BCUT2D eigenvalue weighted by Crippen LogP contribution is 2.27. The third-order valence-corrected chi connectivity index (χ3v) is 4.96. The highest BCUT2D eigenvalue weighted by molar-refractivity contribution is 6.29. The second kappa shape index (κ2) is 8.18. The number of halogens is 1. The molecular weight excluding hydrogens is 354 g/mol. The van der Waals surface area contributed by atoms with Gasteiger partial charge in [-0.1, -0.05) is 11.6 Å². The summed E-state index contributed by atoms with van der Waals surface area (Å²) in [6.07, 6.45) is 2.04. The average Bonchev–Trinajstić information content (AvgIpc) is 2.96. The molecule has 0 aromatic carbocycles. The van der Waals surface area contributed by atoms with E-state index in [1.54, 1.807) is 15.3 Å². The Balaban J connectivity index is 1.82. The standard InChI is InChI=1S/C17H26ClN7O/c1-4-24-16(21-25(17(24)26)11-10-22(2)3)13-6-5-9-23(12-13)15-8-7-14(18)19-20-15/h7-8,13H,4-6,9-12H2,1-3H3/t13-/m1/s1. The van der Waals surface area contributed by atoms with Gasteiger partial charge in [0.25, 0.3) is 0 Å². The van der Waals surface area contributed by atoms with E-state index >= 15 is 0 Å². The van der Waals surface area contributed by atoms with Gasteiger partial charge in [-0.3, -0.25) is 4.57 Å². The minimum atomic E-state index is -0.0206. The Morgan fingerprint density at radius 2 is 2.12 bits per heavy atom. The summed E-state index contributed by atoms with van der Waals surface area (Å²) in [5.74, 6) is 1.90. The van der Waals surface area contributed by atoms with Crippen LogP contribution < -0.4 is 10.6 Å². The number of nitrogens with zero attached hydrogens (tertiary/aromatic N) is 7. The molecule has 3 rings (SSSR count). The third kappa shape index (κ3) is 4.07. The minimum Gasteiger partial charge on any atom is -0.354 e. The van der Waals surface area contributed by atoms with Crippen LogP contribution in [-0.2, 0) is 13.1 Å². The summed E-state index contributed by atoms with van der Waals surface area (Å²) >= 11 is 5.84. The summed E-state index contributed by atoms with van der Waals surface area (Å²) in [4.78, 5) is 16.9. The van der Waals surface area contributed by atoms with Crippen LogP contribution in [0.25, 0.3) is 0 Å². The molecule has 3 heterocycles. The van der Waals surface area contributed by atoms with Crippen molar-refractivity contribution in [3.05, 3.63) is 33.6 Å². The molecule has 0 aliphatic carbocycles. The van der Waals surface area contributed by atoms with Gasteiger partial charge in [0.1, 0.15) is 5.82 Å². The molecule has 0 radical (unpaired) electrons. The molecule has 8 nitrogen and oxygen atoms in total. The highest BCUT2D eigenvalue weighted by Gasteiger charge is 2.27. The molecule has 26 heavy (non-hydrogen) atoms. The van der Waals surface area contributed by atoms with E-state index in [9.17, 15) is 4.79 Å². The molecule has 0 bridgehead atoms. The Morgan fingerprint density at radius 3 is 2.77 bits per heavy atom. The van der Waals surface area contributed by atoms with Gasteiger partial charge in [-0.15, -0.1) is 10.2 Å². The van der Waals surface area contributed by atoms with Crippen LogP contribution in [0.3, 0.4) is 0 Å². The predicted molar refractivity (Wildman–Crippen MR) is 102 cm³/mol. The lowest BCUT2D eigenvalue weighted by atomic mass is 9.97. The number of piperidine rings is 1. The molecule has 142 valence electrons. The summed E-state index contributed by atoms with van der Waals surface area (Å²) in [5.41, 5.74) is -0.0206.